The first kappa shape index (κ1) is 24.6. The van der Waals surface area contributed by atoms with Crippen molar-refractivity contribution in [3.63, 3.8) is 0 Å². The Hall–Kier alpha value is -4.10. The minimum atomic E-state index is -0.551. The fourth-order valence-corrected chi connectivity index (χ4v) is 5.01. The van der Waals surface area contributed by atoms with E-state index < -0.39 is 12.0 Å². The molecule has 1 fully saturated rings. The van der Waals surface area contributed by atoms with E-state index in [9.17, 15) is 9.59 Å². The molecule has 2 aliphatic rings. The second kappa shape index (κ2) is 11.3. The SMILES string of the molecule is COC(=O)C1=CN(C2CCN(Cc3ccccc3)CC2)C(c2ccc(Oc3ccccc3)cc2)C(=O)N1. The van der Waals surface area contributed by atoms with Crippen molar-refractivity contribution in [2.45, 2.75) is 31.5 Å². The molecule has 0 saturated carbocycles. The van der Waals surface area contributed by atoms with Gasteiger partial charge in [0.25, 0.3) is 5.91 Å². The van der Waals surface area contributed by atoms with Gasteiger partial charge in [-0.05, 0) is 48.2 Å². The summed E-state index contributed by atoms with van der Waals surface area (Å²) in [6.07, 6.45) is 3.53. The van der Waals surface area contributed by atoms with E-state index in [1.165, 1.54) is 12.7 Å². The maximum atomic E-state index is 13.3. The summed E-state index contributed by atoms with van der Waals surface area (Å²) in [5.74, 6) is 0.647. The Balaban J connectivity index is 1.34. The predicted octanol–water partition coefficient (Wildman–Crippen LogP) is 4.63. The summed E-state index contributed by atoms with van der Waals surface area (Å²) < 4.78 is 10.8. The van der Waals surface area contributed by atoms with Gasteiger partial charge in [0.15, 0.2) is 0 Å². The van der Waals surface area contributed by atoms with Crippen molar-refractivity contribution in [2.24, 2.45) is 0 Å². The van der Waals surface area contributed by atoms with Gasteiger partial charge in [0.1, 0.15) is 23.2 Å². The molecule has 1 N–H and O–H groups in total. The number of rotatable bonds is 7. The number of nitrogens with one attached hydrogen (secondary N) is 1. The highest BCUT2D eigenvalue weighted by atomic mass is 16.5. The Labute approximate surface area is 217 Å². The van der Waals surface area contributed by atoms with Crippen LogP contribution in [0.1, 0.15) is 30.0 Å². The Morgan fingerprint density at radius 3 is 2.16 bits per heavy atom. The molecule has 2 heterocycles. The lowest BCUT2D eigenvalue weighted by atomic mass is 9.95. The number of carbonyl (C=O) groups excluding carboxylic acids is 2. The first-order valence-electron chi connectivity index (χ1n) is 12.6. The number of hydrogen-bond acceptors (Lipinski definition) is 6. The molecule has 7 heteroatoms. The van der Waals surface area contributed by atoms with E-state index in [4.69, 9.17) is 9.47 Å². The average Bonchev–Trinajstić information content (AvgIpc) is 2.94. The van der Waals surface area contributed by atoms with E-state index in [-0.39, 0.29) is 17.6 Å². The molecule has 3 aromatic rings. The lowest BCUT2D eigenvalue weighted by molar-refractivity contribution is -0.139. The predicted molar refractivity (Wildman–Crippen MR) is 141 cm³/mol. The standard InChI is InChI=1S/C30H31N3O4/c1-36-30(35)27-21-33(24-16-18-32(19-17-24)20-22-8-4-2-5-9-22)28(29(34)31-27)23-12-14-26(15-13-23)37-25-10-6-3-7-11-25/h2-15,21,24,28H,16-20H2,1H3,(H,31,34). The molecule has 3 aromatic carbocycles. The van der Waals surface area contributed by atoms with Gasteiger partial charge in [-0.15, -0.1) is 0 Å². The lowest BCUT2D eigenvalue weighted by Crippen LogP contribution is -2.51. The Kier molecular flexibility index (Phi) is 7.51. The van der Waals surface area contributed by atoms with Crippen LogP contribution in [0, 0.1) is 0 Å². The van der Waals surface area contributed by atoms with Crippen molar-refractivity contribution < 1.29 is 19.1 Å². The molecule has 1 amide bonds. The number of methoxy groups -OCH3 is 1. The summed E-state index contributed by atoms with van der Waals surface area (Å²) in [5, 5.41) is 2.74. The number of benzene rings is 3. The third-order valence-electron chi connectivity index (χ3n) is 6.89. The van der Waals surface area contributed by atoms with Crippen LogP contribution in [-0.4, -0.2) is 47.9 Å². The number of esters is 1. The van der Waals surface area contributed by atoms with E-state index in [1.54, 1.807) is 6.20 Å². The van der Waals surface area contributed by atoms with Crippen molar-refractivity contribution >= 4 is 11.9 Å². The molecule has 1 atom stereocenters. The molecular formula is C30H31N3O4. The molecular weight excluding hydrogens is 466 g/mol. The van der Waals surface area contributed by atoms with E-state index in [0.29, 0.717) is 5.75 Å². The van der Waals surface area contributed by atoms with Crippen molar-refractivity contribution in [3.05, 3.63) is 108 Å². The highest BCUT2D eigenvalue weighted by Crippen LogP contribution is 2.33. The van der Waals surface area contributed by atoms with Gasteiger partial charge in [-0.3, -0.25) is 9.69 Å². The largest absolute Gasteiger partial charge is 0.464 e. The normalized spacial score (nSPS) is 18.6. The van der Waals surface area contributed by atoms with Gasteiger partial charge in [-0.1, -0.05) is 60.7 Å². The van der Waals surface area contributed by atoms with Crippen LogP contribution in [0.4, 0.5) is 0 Å². The van der Waals surface area contributed by atoms with Crippen LogP contribution in [0.2, 0.25) is 0 Å². The summed E-state index contributed by atoms with van der Waals surface area (Å²) in [6, 6.07) is 27.2. The van der Waals surface area contributed by atoms with E-state index in [1.807, 2.05) is 65.6 Å². The maximum Gasteiger partial charge on any atom is 0.356 e. The van der Waals surface area contributed by atoms with Crippen LogP contribution in [0.25, 0.3) is 0 Å². The van der Waals surface area contributed by atoms with E-state index in [2.05, 4.69) is 34.5 Å². The molecule has 2 aliphatic heterocycles. The zero-order valence-corrected chi connectivity index (χ0v) is 20.9. The molecule has 0 aliphatic carbocycles. The quantitative estimate of drug-likeness (QED) is 0.480. The fourth-order valence-electron chi connectivity index (χ4n) is 5.01. The van der Waals surface area contributed by atoms with Crippen molar-refractivity contribution in [1.82, 2.24) is 15.1 Å². The third-order valence-corrected chi connectivity index (χ3v) is 6.89. The fraction of sp³-hybridized carbons (Fsp3) is 0.267. The molecule has 1 saturated heterocycles. The molecule has 0 radical (unpaired) electrons. The van der Waals surface area contributed by atoms with Crippen molar-refractivity contribution in [3.8, 4) is 11.5 Å². The molecule has 190 valence electrons. The summed E-state index contributed by atoms with van der Waals surface area (Å²) >= 11 is 0. The number of amides is 1. The number of nitrogens with zero attached hydrogens (tertiary/aromatic N) is 2. The molecule has 37 heavy (non-hydrogen) atoms. The number of likely N-dealkylation sites (tertiary alicyclic amines) is 1. The first-order valence-corrected chi connectivity index (χ1v) is 12.6. The van der Waals surface area contributed by atoms with Gasteiger partial charge in [0.05, 0.1) is 7.11 Å². The van der Waals surface area contributed by atoms with Gasteiger partial charge >= 0.3 is 5.97 Å². The Morgan fingerprint density at radius 2 is 1.51 bits per heavy atom. The highest BCUT2D eigenvalue weighted by Gasteiger charge is 2.37. The molecule has 5 rings (SSSR count). The van der Waals surface area contributed by atoms with E-state index in [0.717, 1.165) is 43.8 Å². The van der Waals surface area contributed by atoms with Gasteiger partial charge in [-0.2, -0.15) is 0 Å². The van der Waals surface area contributed by atoms with Crippen LogP contribution in [-0.2, 0) is 20.9 Å². The molecule has 1 unspecified atom stereocenters. The second-order valence-corrected chi connectivity index (χ2v) is 9.35. The summed E-state index contributed by atoms with van der Waals surface area (Å²) in [4.78, 5) is 30.1. The lowest BCUT2D eigenvalue weighted by Gasteiger charge is -2.43. The topological polar surface area (TPSA) is 71.1 Å². The number of ether oxygens (including phenoxy) is 2. The Morgan fingerprint density at radius 1 is 0.892 bits per heavy atom. The number of piperidine rings is 1. The van der Waals surface area contributed by atoms with Gasteiger partial charge in [-0.25, -0.2) is 4.79 Å². The zero-order chi connectivity index (χ0) is 25.6. The van der Waals surface area contributed by atoms with E-state index >= 15 is 0 Å². The maximum absolute atomic E-state index is 13.3. The molecule has 0 bridgehead atoms. The monoisotopic (exact) mass is 497 g/mol. The highest BCUT2D eigenvalue weighted by molar-refractivity contribution is 5.97. The van der Waals surface area contributed by atoms with Gasteiger partial charge in [0, 0.05) is 31.9 Å². The third kappa shape index (κ3) is 5.84. The number of para-hydroxylation sites is 1. The minimum Gasteiger partial charge on any atom is -0.464 e. The van der Waals surface area contributed by atoms with Crippen LogP contribution in [0.5, 0.6) is 11.5 Å². The molecule has 0 aromatic heterocycles. The summed E-state index contributed by atoms with van der Waals surface area (Å²) in [6.45, 7) is 2.73. The summed E-state index contributed by atoms with van der Waals surface area (Å²) in [7, 11) is 1.32. The average molecular weight is 498 g/mol. The van der Waals surface area contributed by atoms with Crippen molar-refractivity contribution in [2.75, 3.05) is 20.2 Å². The van der Waals surface area contributed by atoms with Crippen LogP contribution in [0.3, 0.4) is 0 Å². The zero-order valence-electron chi connectivity index (χ0n) is 20.9. The van der Waals surface area contributed by atoms with Crippen LogP contribution in [0.15, 0.2) is 96.8 Å². The first-order chi connectivity index (χ1) is 18.1. The summed E-state index contributed by atoms with van der Waals surface area (Å²) in [5.41, 5.74) is 2.30. The smallest absolute Gasteiger partial charge is 0.356 e. The molecule has 0 spiro atoms. The second-order valence-electron chi connectivity index (χ2n) is 9.35. The van der Waals surface area contributed by atoms with Crippen molar-refractivity contribution in [1.29, 1.82) is 0 Å². The van der Waals surface area contributed by atoms with Gasteiger partial charge < -0.3 is 19.7 Å². The number of hydrogen-bond donors (Lipinski definition) is 1. The minimum absolute atomic E-state index is 0.114. The molecule has 7 nitrogen and oxygen atoms in total. The van der Waals surface area contributed by atoms with Gasteiger partial charge in [0.2, 0.25) is 0 Å². The number of carbonyl (C=O) groups is 2. The Bertz CT molecular complexity index is 1240. The van der Waals surface area contributed by atoms with Crippen LogP contribution < -0.4 is 10.1 Å². The van der Waals surface area contributed by atoms with Crippen LogP contribution >= 0.6 is 0 Å².